The molecule has 17 heavy (non-hydrogen) atoms. The van der Waals surface area contributed by atoms with Gasteiger partial charge in [-0.1, -0.05) is 13.0 Å². The Bertz CT molecular complexity index is 365. The highest BCUT2D eigenvalue weighted by molar-refractivity contribution is 7.09. The molecule has 3 N–H and O–H groups in total. The van der Waals surface area contributed by atoms with Gasteiger partial charge in [-0.15, -0.1) is 11.3 Å². The summed E-state index contributed by atoms with van der Waals surface area (Å²) in [6.45, 7) is 2.24. The van der Waals surface area contributed by atoms with Crippen LogP contribution in [0.25, 0.3) is 0 Å². The first-order chi connectivity index (χ1) is 8.09. The second-order valence-corrected chi connectivity index (χ2v) is 4.74. The van der Waals surface area contributed by atoms with Crippen molar-refractivity contribution in [2.75, 3.05) is 13.1 Å². The summed E-state index contributed by atoms with van der Waals surface area (Å²) in [5.74, 6) is -1.48. The van der Waals surface area contributed by atoms with Crippen LogP contribution >= 0.6 is 11.3 Å². The van der Waals surface area contributed by atoms with Crippen LogP contribution in [0.15, 0.2) is 17.5 Å². The van der Waals surface area contributed by atoms with Crippen molar-refractivity contribution in [3.05, 3.63) is 22.4 Å². The van der Waals surface area contributed by atoms with Gasteiger partial charge in [-0.3, -0.25) is 4.79 Å². The zero-order chi connectivity index (χ0) is 12.7. The predicted molar refractivity (Wildman–Crippen MR) is 66.2 cm³/mol. The van der Waals surface area contributed by atoms with Crippen LogP contribution in [0, 0.1) is 5.92 Å². The lowest BCUT2D eigenvalue weighted by Crippen LogP contribution is -2.39. The molecule has 0 spiro atoms. The first-order valence-electron chi connectivity index (χ1n) is 5.36. The van der Waals surface area contributed by atoms with E-state index >= 15 is 0 Å². The Kier molecular flexibility index (Phi) is 5.48. The molecule has 1 rings (SSSR count). The molecule has 5 nitrogen and oxygen atoms in total. The molecule has 6 heteroatoms. The molecule has 1 aromatic heterocycles. The maximum absolute atomic E-state index is 11.3. The molecular weight excluding hydrogens is 240 g/mol. The molecule has 1 unspecified atom stereocenters. The van der Waals surface area contributed by atoms with Crippen LogP contribution in [-0.2, 0) is 11.2 Å². The van der Waals surface area contributed by atoms with Crippen LogP contribution in [-0.4, -0.2) is 30.2 Å². The normalized spacial score (nSPS) is 11.8. The van der Waals surface area contributed by atoms with Crippen molar-refractivity contribution in [1.82, 2.24) is 10.6 Å². The smallest absolute Gasteiger partial charge is 0.314 e. The molecule has 0 aromatic carbocycles. The first-order valence-corrected chi connectivity index (χ1v) is 6.24. The number of amides is 2. The highest BCUT2D eigenvalue weighted by Crippen LogP contribution is 2.07. The topological polar surface area (TPSA) is 78.4 Å². The second kappa shape index (κ2) is 6.90. The fourth-order valence-corrected chi connectivity index (χ4v) is 1.86. The summed E-state index contributed by atoms with van der Waals surface area (Å²) in [7, 11) is 0. The monoisotopic (exact) mass is 256 g/mol. The van der Waals surface area contributed by atoms with Crippen molar-refractivity contribution in [2.24, 2.45) is 5.92 Å². The summed E-state index contributed by atoms with van der Waals surface area (Å²) in [4.78, 5) is 23.0. The van der Waals surface area contributed by atoms with Gasteiger partial charge in [-0.2, -0.15) is 0 Å². The van der Waals surface area contributed by atoms with E-state index in [0.717, 1.165) is 6.42 Å². The number of hydrogen-bond acceptors (Lipinski definition) is 3. The number of carbonyl (C=O) groups excluding carboxylic acids is 1. The largest absolute Gasteiger partial charge is 0.481 e. The lowest BCUT2D eigenvalue weighted by Gasteiger charge is -2.09. The number of carboxylic acid groups (broad SMARTS) is 1. The average Bonchev–Trinajstić information content (AvgIpc) is 2.78. The van der Waals surface area contributed by atoms with Gasteiger partial charge in [0.15, 0.2) is 0 Å². The van der Waals surface area contributed by atoms with Crippen molar-refractivity contribution in [3.63, 3.8) is 0 Å². The van der Waals surface area contributed by atoms with Crippen LogP contribution in [0.3, 0.4) is 0 Å². The molecular formula is C11H16N2O3S. The molecule has 2 amide bonds. The van der Waals surface area contributed by atoms with Gasteiger partial charge in [0.2, 0.25) is 0 Å². The van der Waals surface area contributed by atoms with Crippen LogP contribution in [0.5, 0.6) is 0 Å². The van der Waals surface area contributed by atoms with Crippen LogP contribution in [0.1, 0.15) is 11.8 Å². The van der Waals surface area contributed by atoms with Gasteiger partial charge in [0.05, 0.1) is 5.92 Å². The zero-order valence-corrected chi connectivity index (χ0v) is 10.4. The molecule has 0 aliphatic rings. The molecule has 0 aliphatic heterocycles. The Morgan fingerprint density at radius 2 is 2.24 bits per heavy atom. The number of carboxylic acids is 1. The maximum Gasteiger partial charge on any atom is 0.314 e. The van der Waals surface area contributed by atoms with Gasteiger partial charge in [-0.05, 0) is 17.9 Å². The van der Waals surface area contributed by atoms with Gasteiger partial charge < -0.3 is 15.7 Å². The molecule has 0 bridgehead atoms. The van der Waals surface area contributed by atoms with Gasteiger partial charge in [0.25, 0.3) is 0 Å². The predicted octanol–water partition coefficient (Wildman–Crippen LogP) is 1.31. The minimum absolute atomic E-state index is 0.139. The minimum Gasteiger partial charge on any atom is -0.481 e. The molecule has 0 saturated carbocycles. The highest BCUT2D eigenvalue weighted by Gasteiger charge is 2.11. The van der Waals surface area contributed by atoms with Gasteiger partial charge in [-0.25, -0.2) is 4.79 Å². The van der Waals surface area contributed by atoms with Crippen LogP contribution in [0.2, 0.25) is 0 Å². The third kappa shape index (κ3) is 5.35. The molecule has 0 radical (unpaired) electrons. The lowest BCUT2D eigenvalue weighted by molar-refractivity contribution is -0.140. The Labute approximate surface area is 104 Å². The highest BCUT2D eigenvalue weighted by atomic mass is 32.1. The number of carbonyl (C=O) groups is 2. The van der Waals surface area contributed by atoms with Crippen molar-refractivity contribution in [1.29, 1.82) is 0 Å². The Balaban J connectivity index is 2.11. The van der Waals surface area contributed by atoms with Gasteiger partial charge in [0, 0.05) is 18.0 Å². The van der Waals surface area contributed by atoms with E-state index < -0.39 is 11.9 Å². The van der Waals surface area contributed by atoms with E-state index in [0.29, 0.717) is 6.54 Å². The second-order valence-electron chi connectivity index (χ2n) is 3.71. The third-order valence-electron chi connectivity index (χ3n) is 2.23. The Morgan fingerprint density at radius 3 is 2.82 bits per heavy atom. The lowest BCUT2D eigenvalue weighted by atomic mass is 10.2. The van der Waals surface area contributed by atoms with E-state index in [1.165, 1.54) is 4.88 Å². The number of thiophene rings is 1. The van der Waals surface area contributed by atoms with Gasteiger partial charge >= 0.3 is 12.0 Å². The average molecular weight is 256 g/mol. The van der Waals surface area contributed by atoms with E-state index in [9.17, 15) is 9.59 Å². The molecule has 1 heterocycles. The van der Waals surface area contributed by atoms with Crippen molar-refractivity contribution in [2.45, 2.75) is 13.3 Å². The fourth-order valence-electron chi connectivity index (χ4n) is 1.15. The van der Waals surface area contributed by atoms with E-state index in [-0.39, 0.29) is 12.6 Å². The van der Waals surface area contributed by atoms with Crippen molar-refractivity contribution in [3.8, 4) is 0 Å². The summed E-state index contributed by atoms with van der Waals surface area (Å²) >= 11 is 1.65. The summed E-state index contributed by atoms with van der Waals surface area (Å²) in [6, 6.07) is 3.65. The van der Waals surface area contributed by atoms with E-state index in [2.05, 4.69) is 10.6 Å². The Hall–Kier alpha value is -1.56. The van der Waals surface area contributed by atoms with E-state index in [1.54, 1.807) is 18.3 Å². The van der Waals surface area contributed by atoms with Crippen molar-refractivity contribution < 1.29 is 14.7 Å². The third-order valence-corrected chi connectivity index (χ3v) is 3.16. The number of rotatable bonds is 6. The molecule has 94 valence electrons. The van der Waals surface area contributed by atoms with Crippen molar-refractivity contribution >= 4 is 23.3 Å². The summed E-state index contributed by atoms with van der Waals surface area (Å²) in [5.41, 5.74) is 0. The molecule has 1 atom stereocenters. The SMILES string of the molecule is CC(CNC(=O)NCCc1cccs1)C(=O)O. The summed E-state index contributed by atoms with van der Waals surface area (Å²) in [5, 5.41) is 15.8. The quantitative estimate of drug-likeness (QED) is 0.718. The fraction of sp³-hybridized carbons (Fsp3) is 0.455. The van der Waals surface area contributed by atoms with Gasteiger partial charge in [0.1, 0.15) is 0 Å². The number of nitrogens with one attached hydrogen (secondary N) is 2. The standard InChI is InChI=1S/C11H16N2O3S/c1-8(10(14)15)7-13-11(16)12-5-4-9-3-2-6-17-9/h2-3,6,8H,4-5,7H2,1H3,(H,14,15)(H2,12,13,16). The van der Waals surface area contributed by atoms with E-state index in [4.69, 9.17) is 5.11 Å². The first kappa shape index (κ1) is 13.5. The zero-order valence-electron chi connectivity index (χ0n) is 9.60. The van der Waals surface area contributed by atoms with E-state index in [1.807, 2.05) is 17.5 Å². The number of aliphatic carboxylic acids is 1. The summed E-state index contributed by atoms with van der Waals surface area (Å²) < 4.78 is 0. The van der Waals surface area contributed by atoms with Crippen LogP contribution < -0.4 is 10.6 Å². The van der Waals surface area contributed by atoms with Crippen LogP contribution in [0.4, 0.5) is 4.79 Å². The summed E-state index contributed by atoms with van der Waals surface area (Å²) in [6.07, 6.45) is 0.791. The number of urea groups is 1. The molecule has 0 saturated heterocycles. The Morgan fingerprint density at radius 1 is 1.47 bits per heavy atom. The molecule has 1 aromatic rings. The number of hydrogen-bond donors (Lipinski definition) is 3. The minimum atomic E-state index is -0.913. The molecule has 0 aliphatic carbocycles. The molecule has 0 fully saturated rings. The maximum atomic E-state index is 11.3.